The van der Waals surface area contributed by atoms with Crippen LogP contribution in [0.15, 0.2) is 17.6 Å². The van der Waals surface area contributed by atoms with E-state index in [-0.39, 0.29) is 5.91 Å². The molecule has 104 valence electrons. The normalized spacial score (nSPS) is 9.90. The second-order valence-corrected chi connectivity index (χ2v) is 6.09. The number of thiazole rings is 1. The zero-order chi connectivity index (χ0) is 14.4. The van der Waals surface area contributed by atoms with Crippen LogP contribution in [0, 0.1) is 18.8 Å². The Hall–Kier alpha value is -1.68. The van der Waals surface area contributed by atoms with Crippen LogP contribution in [-0.2, 0) is 6.42 Å². The number of hydrogen-bond acceptors (Lipinski definition) is 5. The molecular weight excluding hydrogens is 290 g/mol. The molecule has 0 saturated heterocycles. The van der Waals surface area contributed by atoms with Gasteiger partial charge >= 0.3 is 0 Å². The lowest BCUT2D eigenvalue weighted by Gasteiger charge is -2.01. The summed E-state index contributed by atoms with van der Waals surface area (Å²) < 4.78 is 0. The second-order valence-electron chi connectivity index (χ2n) is 4.06. The lowest BCUT2D eigenvalue weighted by Crippen LogP contribution is -2.24. The standard InChI is InChI=1S/C14H15N3OS2/c1-10-9-12(20-11(10)3-2-5-15)14(18)17-6-4-13-16-7-8-19-13/h7-9H,4-6,15H2,1H3,(H,17,18). The van der Waals surface area contributed by atoms with Gasteiger partial charge in [-0.2, -0.15) is 0 Å². The maximum absolute atomic E-state index is 12.0. The largest absolute Gasteiger partial charge is 0.351 e. The Morgan fingerprint density at radius 2 is 2.40 bits per heavy atom. The van der Waals surface area contributed by atoms with E-state index >= 15 is 0 Å². The molecule has 0 aliphatic carbocycles. The molecule has 0 atom stereocenters. The molecule has 0 saturated carbocycles. The third kappa shape index (κ3) is 3.90. The smallest absolute Gasteiger partial charge is 0.261 e. The molecular formula is C14H15N3OS2. The first-order valence-electron chi connectivity index (χ1n) is 6.16. The van der Waals surface area contributed by atoms with Crippen molar-refractivity contribution >= 4 is 28.6 Å². The number of carbonyl (C=O) groups excluding carboxylic acids is 1. The molecule has 3 N–H and O–H groups in total. The summed E-state index contributed by atoms with van der Waals surface area (Å²) in [6, 6.07) is 1.87. The Morgan fingerprint density at radius 3 is 3.10 bits per heavy atom. The molecule has 6 heteroatoms. The summed E-state index contributed by atoms with van der Waals surface area (Å²) in [5, 5.41) is 5.86. The topological polar surface area (TPSA) is 68.0 Å². The highest BCUT2D eigenvalue weighted by Gasteiger charge is 2.11. The minimum atomic E-state index is -0.0598. The van der Waals surface area contributed by atoms with Crippen LogP contribution in [0.1, 0.15) is 25.1 Å². The lowest BCUT2D eigenvalue weighted by atomic mass is 10.2. The minimum absolute atomic E-state index is 0.0598. The van der Waals surface area contributed by atoms with Crippen molar-refractivity contribution in [2.75, 3.05) is 13.1 Å². The Balaban J connectivity index is 1.92. The van der Waals surface area contributed by atoms with E-state index in [1.807, 2.05) is 18.4 Å². The van der Waals surface area contributed by atoms with Gasteiger partial charge in [0.25, 0.3) is 5.91 Å². The minimum Gasteiger partial charge on any atom is -0.351 e. The molecule has 0 aromatic carbocycles. The molecule has 2 aromatic heterocycles. The molecule has 0 aliphatic heterocycles. The fourth-order valence-electron chi connectivity index (χ4n) is 1.60. The predicted octanol–water partition coefficient (Wildman–Crippen LogP) is 1.80. The van der Waals surface area contributed by atoms with Gasteiger partial charge in [-0.1, -0.05) is 11.8 Å². The van der Waals surface area contributed by atoms with E-state index in [2.05, 4.69) is 22.1 Å². The van der Waals surface area contributed by atoms with Gasteiger partial charge in [-0.15, -0.1) is 22.7 Å². The van der Waals surface area contributed by atoms with Crippen molar-refractivity contribution in [1.29, 1.82) is 0 Å². The Bertz CT molecular complexity index is 635. The summed E-state index contributed by atoms with van der Waals surface area (Å²) in [6.07, 6.45) is 2.53. The Morgan fingerprint density at radius 1 is 1.55 bits per heavy atom. The van der Waals surface area contributed by atoms with Crippen molar-refractivity contribution in [3.63, 3.8) is 0 Å². The number of nitrogens with one attached hydrogen (secondary N) is 1. The predicted molar refractivity (Wildman–Crippen MR) is 83.1 cm³/mol. The van der Waals surface area contributed by atoms with Crippen LogP contribution in [0.2, 0.25) is 0 Å². The average molecular weight is 305 g/mol. The summed E-state index contributed by atoms with van der Waals surface area (Å²) >= 11 is 3.00. The maximum atomic E-state index is 12.0. The summed E-state index contributed by atoms with van der Waals surface area (Å²) in [6.45, 7) is 2.86. The molecule has 20 heavy (non-hydrogen) atoms. The van der Waals surface area contributed by atoms with E-state index < -0.39 is 0 Å². The molecule has 2 rings (SSSR count). The molecule has 0 spiro atoms. The molecule has 2 heterocycles. The first-order chi connectivity index (χ1) is 9.70. The van der Waals surface area contributed by atoms with Crippen molar-refractivity contribution in [3.8, 4) is 11.8 Å². The van der Waals surface area contributed by atoms with Crippen molar-refractivity contribution < 1.29 is 4.79 Å². The molecule has 4 nitrogen and oxygen atoms in total. The number of hydrogen-bond donors (Lipinski definition) is 2. The molecule has 0 radical (unpaired) electrons. The number of rotatable bonds is 4. The fourth-order valence-corrected chi connectivity index (χ4v) is 3.18. The zero-order valence-corrected chi connectivity index (χ0v) is 12.7. The first kappa shape index (κ1) is 14.7. The van der Waals surface area contributed by atoms with Gasteiger partial charge in [-0.3, -0.25) is 4.79 Å². The van der Waals surface area contributed by atoms with E-state index in [4.69, 9.17) is 5.73 Å². The number of amides is 1. The molecule has 0 bridgehead atoms. The van der Waals surface area contributed by atoms with Gasteiger partial charge < -0.3 is 11.1 Å². The molecule has 2 aromatic rings. The summed E-state index contributed by atoms with van der Waals surface area (Å²) in [7, 11) is 0. The van der Waals surface area contributed by atoms with Gasteiger partial charge in [0.05, 0.1) is 21.3 Å². The molecule has 1 amide bonds. The number of carbonyl (C=O) groups is 1. The van der Waals surface area contributed by atoms with E-state index in [1.165, 1.54) is 11.3 Å². The van der Waals surface area contributed by atoms with E-state index in [0.717, 1.165) is 21.9 Å². The molecule has 0 fully saturated rings. The van der Waals surface area contributed by atoms with Crippen LogP contribution in [-0.4, -0.2) is 24.0 Å². The number of nitrogens with zero attached hydrogens (tertiary/aromatic N) is 1. The highest BCUT2D eigenvalue weighted by atomic mass is 32.1. The van der Waals surface area contributed by atoms with E-state index in [0.29, 0.717) is 18.0 Å². The van der Waals surface area contributed by atoms with Gasteiger partial charge in [0.15, 0.2) is 0 Å². The molecule has 0 unspecified atom stereocenters. The van der Waals surface area contributed by atoms with E-state index in [1.54, 1.807) is 17.5 Å². The third-order valence-corrected chi connectivity index (χ3v) is 4.54. The van der Waals surface area contributed by atoms with Gasteiger partial charge in [0.1, 0.15) is 0 Å². The fraction of sp³-hybridized carbons (Fsp3) is 0.286. The second kappa shape index (κ2) is 7.20. The van der Waals surface area contributed by atoms with Crippen molar-refractivity contribution in [3.05, 3.63) is 38.0 Å². The van der Waals surface area contributed by atoms with E-state index in [9.17, 15) is 4.79 Å². The van der Waals surface area contributed by atoms with Crippen LogP contribution in [0.3, 0.4) is 0 Å². The maximum Gasteiger partial charge on any atom is 0.261 e. The monoisotopic (exact) mass is 305 g/mol. The van der Waals surface area contributed by atoms with Crippen LogP contribution >= 0.6 is 22.7 Å². The third-order valence-electron chi connectivity index (χ3n) is 2.55. The SMILES string of the molecule is Cc1cc(C(=O)NCCc2nccs2)sc1C#CCN. The number of thiophene rings is 1. The first-order valence-corrected chi connectivity index (χ1v) is 7.86. The quantitative estimate of drug-likeness (QED) is 0.846. The van der Waals surface area contributed by atoms with Gasteiger partial charge in [0.2, 0.25) is 0 Å². The van der Waals surface area contributed by atoms with Crippen LogP contribution in [0.5, 0.6) is 0 Å². The summed E-state index contributed by atoms with van der Waals surface area (Å²) in [4.78, 5) is 17.8. The average Bonchev–Trinajstić information content (AvgIpc) is 3.06. The lowest BCUT2D eigenvalue weighted by molar-refractivity contribution is 0.0958. The van der Waals surface area contributed by atoms with Crippen molar-refractivity contribution in [1.82, 2.24) is 10.3 Å². The zero-order valence-electron chi connectivity index (χ0n) is 11.1. The summed E-state index contributed by atoms with van der Waals surface area (Å²) in [5.41, 5.74) is 6.37. The number of nitrogens with two attached hydrogens (primary N) is 1. The van der Waals surface area contributed by atoms with Gasteiger partial charge in [0, 0.05) is 24.5 Å². The number of aryl methyl sites for hydroxylation is 1. The Labute approximate surface area is 126 Å². The van der Waals surface area contributed by atoms with Crippen molar-refractivity contribution in [2.24, 2.45) is 5.73 Å². The molecule has 0 aliphatic rings. The van der Waals surface area contributed by atoms with Gasteiger partial charge in [-0.05, 0) is 18.6 Å². The summed E-state index contributed by atoms with van der Waals surface area (Å²) in [5.74, 6) is 5.73. The highest BCUT2D eigenvalue weighted by Crippen LogP contribution is 2.20. The van der Waals surface area contributed by atoms with Crippen LogP contribution in [0.25, 0.3) is 0 Å². The number of aromatic nitrogens is 1. The Kier molecular flexibility index (Phi) is 5.30. The van der Waals surface area contributed by atoms with Gasteiger partial charge in [-0.25, -0.2) is 4.98 Å². The highest BCUT2D eigenvalue weighted by molar-refractivity contribution is 7.14. The van der Waals surface area contributed by atoms with Crippen LogP contribution in [0.4, 0.5) is 0 Å². The van der Waals surface area contributed by atoms with Crippen molar-refractivity contribution in [2.45, 2.75) is 13.3 Å². The van der Waals surface area contributed by atoms with Crippen LogP contribution < -0.4 is 11.1 Å².